The Balaban J connectivity index is 0.000000166. The van der Waals surface area contributed by atoms with Gasteiger partial charge in [-0.1, -0.05) is 18.2 Å². The van der Waals surface area contributed by atoms with Crippen LogP contribution < -0.4 is 0 Å². The van der Waals surface area contributed by atoms with Gasteiger partial charge in [-0.05, 0) is 18.6 Å². The summed E-state index contributed by atoms with van der Waals surface area (Å²) in [6.45, 7) is 7.28. The van der Waals surface area contributed by atoms with Gasteiger partial charge in [0, 0.05) is 45.3 Å². The van der Waals surface area contributed by atoms with Crippen molar-refractivity contribution in [3.63, 3.8) is 0 Å². The molecule has 130 valence electrons. The minimum atomic E-state index is 0.00546. The van der Waals surface area contributed by atoms with Crippen molar-refractivity contribution in [1.82, 2.24) is 14.7 Å². The Hall–Kier alpha value is -2.76. The Morgan fingerprint density at radius 2 is 1.40 bits per heavy atom. The maximum Gasteiger partial charge on any atom is 0.227 e. The highest BCUT2D eigenvalue weighted by Gasteiger charge is 2.43. The molecule has 3 aliphatic heterocycles. The minimum Gasteiger partial charge on any atom is -0.508 e. The highest BCUT2D eigenvalue weighted by molar-refractivity contribution is 6.22. The van der Waals surface area contributed by atoms with Gasteiger partial charge in [-0.15, -0.1) is 0 Å². The van der Waals surface area contributed by atoms with Gasteiger partial charge in [0.05, 0.1) is 5.70 Å². The predicted octanol–water partition coefficient (Wildman–Crippen LogP) is 0.881. The number of para-hydroxylation sites is 1. The first-order valence-corrected chi connectivity index (χ1v) is 8.60. The van der Waals surface area contributed by atoms with Gasteiger partial charge in [0.2, 0.25) is 11.6 Å². The van der Waals surface area contributed by atoms with Crippen molar-refractivity contribution >= 4 is 11.6 Å². The van der Waals surface area contributed by atoms with Gasteiger partial charge in [-0.25, -0.2) is 0 Å². The lowest BCUT2D eigenvalue weighted by Gasteiger charge is -2.21. The van der Waals surface area contributed by atoms with E-state index in [0.29, 0.717) is 22.8 Å². The molecule has 1 aromatic rings. The topological polar surface area (TPSA) is 63.4 Å². The molecule has 5 rings (SSSR count). The lowest BCUT2D eigenvalue weighted by Crippen LogP contribution is -2.29. The largest absolute Gasteiger partial charge is 0.508 e. The first-order valence-electron chi connectivity index (χ1n) is 8.60. The summed E-state index contributed by atoms with van der Waals surface area (Å²) in [5, 5.41) is 8.92. The van der Waals surface area contributed by atoms with Crippen molar-refractivity contribution in [2.45, 2.75) is 6.92 Å². The molecule has 3 saturated heterocycles. The molecule has 25 heavy (non-hydrogen) atoms. The van der Waals surface area contributed by atoms with Crippen molar-refractivity contribution in [3.05, 3.63) is 53.0 Å². The van der Waals surface area contributed by atoms with Crippen molar-refractivity contribution in [1.29, 1.82) is 0 Å². The van der Waals surface area contributed by atoms with E-state index in [1.54, 1.807) is 6.07 Å². The summed E-state index contributed by atoms with van der Waals surface area (Å²) < 4.78 is 0. The molecule has 6 nitrogen and oxygen atoms in total. The van der Waals surface area contributed by atoms with E-state index < -0.39 is 0 Å². The number of carbonyl (C=O) groups excluding carboxylic acids is 2. The number of phenols is 1. The monoisotopic (exact) mass is 339 g/mol. The maximum absolute atomic E-state index is 12.4. The number of hydrogen-bond acceptors (Lipinski definition) is 6. The zero-order valence-electron chi connectivity index (χ0n) is 14.2. The average molecular weight is 339 g/mol. The fourth-order valence-electron chi connectivity index (χ4n) is 2.84. The Morgan fingerprint density at radius 1 is 0.840 bits per heavy atom. The molecule has 6 heteroatoms. The third kappa shape index (κ3) is 3.24. The molecule has 3 fully saturated rings. The van der Waals surface area contributed by atoms with Gasteiger partial charge in [0.25, 0.3) is 0 Å². The second-order valence-electron chi connectivity index (χ2n) is 6.67. The molecule has 1 aliphatic carbocycles. The van der Waals surface area contributed by atoms with Gasteiger partial charge >= 0.3 is 0 Å². The van der Waals surface area contributed by atoms with Crippen LogP contribution in [-0.4, -0.2) is 70.6 Å². The van der Waals surface area contributed by atoms with Gasteiger partial charge in [0.15, 0.2) is 0 Å². The fourth-order valence-corrected chi connectivity index (χ4v) is 2.84. The summed E-state index contributed by atoms with van der Waals surface area (Å²) in [6.07, 6.45) is 1.52. The molecule has 0 bridgehead atoms. The molecule has 1 N–H and O–H groups in total. The summed E-state index contributed by atoms with van der Waals surface area (Å²) in [5.74, 6) is 0.417. The number of carbonyl (C=O) groups is 2. The number of ketones is 2. The van der Waals surface area contributed by atoms with Crippen LogP contribution in [0.25, 0.3) is 0 Å². The Morgan fingerprint density at radius 3 is 1.88 bits per heavy atom. The molecule has 3 heterocycles. The molecule has 0 spiro atoms. The molecule has 0 amide bonds. The number of Topliss-reactive ketones (excluding diaryl/α,β-unsaturated/α-hetero) is 1. The quantitative estimate of drug-likeness (QED) is 0.652. The zero-order valence-corrected chi connectivity index (χ0v) is 14.2. The highest BCUT2D eigenvalue weighted by atomic mass is 16.3. The molecule has 0 radical (unpaired) electrons. The number of rotatable bonds is 3. The summed E-state index contributed by atoms with van der Waals surface area (Å²) in [4.78, 5) is 30.5. The average Bonchev–Trinajstić information content (AvgIpc) is 3.46. The SMILES string of the molecule is Cc1ccccc1O.O=C1C=C(N2CC2)C(=O)C(N2CC2)=C1N1CC1. The van der Waals surface area contributed by atoms with Crippen LogP contribution in [0.3, 0.4) is 0 Å². The third-order valence-electron chi connectivity index (χ3n) is 4.60. The van der Waals surface area contributed by atoms with Crippen LogP contribution in [0, 0.1) is 6.92 Å². The first-order chi connectivity index (χ1) is 12.1. The standard InChI is InChI=1S/C12H13N3O2.C7H8O/c16-9-7-8(13-1-2-13)12(17)11(15-5-6-15)10(9)14-3-4-14;1-6-4-2-3-5-7(6)8/h7H,1-6H2;2-5,8H,1H3. The van der Waals surface area contributed by atoms with Crippen LogP contribution in [-0.2, 0) is 9.59 Å². The van der Waals surface area contributed by atoms with E-state index in [1.165, 1.54) is 6.08 Å². The van der Waals surface area contributed by atoms with E-state index >= 15 is 0 Å². The first kappa shape index (κ1) is 15.7. The number of hydrogen-bond donors (Lipinski definition) is 1. The second kappa shape index (κ2) is 5.95. The molecule has 0 saturated carbocycles. The number of aromatic hydroxyl groups is 1. The summed E-state index contributed by atoms with van der Waals surface area (Å²) in [6, 6.07) is 7.25. The number of phenolic OH excluding ortho intramolecular Hbond substituents is 1. The van der Waals surface area contributed by atoms with Gasteiger partial charge in [-0.3, -0.25) is 9.59 Å². The van der Waals surface area contributed by atoms with E-state index in [4.69, 9.17) is 5.11 Å². The van der Waals surface area contributed by atoms with Crippen molar-refractivity contribution in [2.75, 3.05) is 39.3 Å². The van der Waals surface area contributed by atoms with Gasteiger partial charge < -0.3 is 19.8 Å². The number of aryl methyl sites for hydroxylation is 1. The van der Waals surface area contributed by atoms with Crippen LogP contribution in [0.5, 0.6) is 5.75 Å². The van der Waals surface area contributed by atoms with E-state index in [0.717, 1.165) is 44.8 Å². The van der Waals surface area contributed by atoms with E-state index in [-0.39, 0.29) is 11.6 Å². The summed E-state index contributed by atoms with van der Waals surface area (Å²) >= 11 is 0. The van der Waals surface area contributed by atoms with Crippen LogP contribution in [0.2, 0.25) is 0 Å². The van der Waals surface area contributed by atoms with Crippen LogP contribution in [0.15, 0.2) is 47.4 Å². The molecular weight excluding hydrogens is 318 g/mol. The number of benzene rings is 1. The van der Waals surface area contributed by atoms with Gasteiger partial charge in [0.1, 0.15) is 17.1 Å². The van der Waals surface area contributed by atoms with Crippen LogP contribution >= 0.6 is 0 Å². The number of allylic oxidation sites excluding steroid dienone is 1. The predicted molar refractivity (Wildman–Crippen MR) is 92.7 cm³/mol. The third-order valence-corrected chi connectivity index (χ3v) is 4.60. The maximum atomic E-state index is 12.4. The summed E-state index contributed by atoms with van der Waals surface area (Å²) in [5.41, 5.74) is 2.81. The second-order valence-corrected chi connectivity index (χ2v) is 6.67. The van der Waals surface area contributed by atoms with Crippen molar-refractivity contribution in [2.24, 2.45) is 0 Å². The summed E-state index contributed by atoms with van der Waals surface area (Å²) in [7, 11) is 0. The Kier molecular flexibility index (Phi) is 3.75. The Bertz CT molecular complexity index is 779. The molecule has 0 unspecified atom stereocenters. The van der Waals surface area contributed by atoms with E-state index in [2.05, 4.69) is 0 Å². The van der Waals surface area contributed by atoms with Crippen molar-refractivity contribution < 1.29 is 14.7 Å². The lowest BCUT2D eigenvalue weighted by atomic mass is 10.0. The van der Waals surface area contributed by atoms with Gasteiger partial charge in [-0.2, -0.15) is 0 Å². The molecule has 0 aromatic heterocycles. The van der Waals surface area contributed by atoms with Crippen molar-refractivity contribution in [3.8, 4) is 5.75 Å². The normalized spacial score (nSPS) is 21.0. The fraction of sp³-hybridized carbons (Fsp3) is 0.368. The van der Waals surface area contributed by atoms with Crippen LogP contribution in [0.4, 0.5) is 0 Å². The molecule has 1 aromatic carbocycles. The smallest absolute Gasteiger partial charge is 0.227 e. The molecular formula is C19H21N3O3. The molecule has 4 aliphatic rings. The molecule has 0 atom stereocenters. The lowest BCUT2D eigenvalue weighted by molar-refractivity contribution is -0.117. The highest BCUT2D eigenvalue weighted by Crippen LogP contribution is 2.33. The number of nitrogens with zero attached hydrogens (tertiary/aromatic N) is 3. The zero-order chi connectivity index (χ0) is 17.6. The van der Waals surface area contributed by atoms with Crippen LogP contribution in [0.1, 0.15) is 5.56 Å². The Labute approximate surface area is 146 Å². The van der Waals surface area contributed by atoms with E-state index in [9.17, 15) is 9.59 Å². The van der Waals surface area contributed by atoms with E-state index in [1.807, 2.05) is 39.8 Å². The minimum absolute atomic E-state index is 0.00546.